The summed E-state index contributed by atoms with van der Waals surface area (Å²) >= 11 is 0. The van der Waals surface area contributed by atoms with Crippen molar-refractivity contribution in [3.05, 3.63) is 59.2 Å². The number of nitrogens with zero attached hydrogens (tertiary/aromatic N) is 4. The van der Waals surface area contributed by atoms with Crippen molar-refractivity contribution in [2.45, 2.75) is 32.9 Å². The first-order valence-electron chi connectivity index (χ1n) is 9.54. The van der Waals surface area contributed by atoms with Gasteiger partial charge in [0.1, 0.15) is 0 Å². The maximum atomic E-state index is 5.66. The highest BCUT2D eigenvalue weighted by Gasteiger charge is 2.27. The molecule has 2 atom stereocenters. The van der Waals surface area contributed by atoms with Crippen molar-refractivity contribution in [2.24, 2.45) is 0 Å². The van der Waals surface area contributed by atoms with E-state index in [0.717, 1.165) is 36.7 Å². The monoisotopic (exact) mass is 401 g/mol. The van der Waals surface area contributed by atoms with Crippen LogP contribution in [0, 0.1) is 13.8 Å². The van der Waals surface area contributed by atoms with Crippen LogP contribution in [-0.4, -0.2) is 46.3 Å². The predicted octanol–water partition coefficient (Wildman–Crippen LogP) is 3.76. The number of benzene rings is 1. The Morgan fingerprint density at radius 1 is 1.21 bits per heavy atom. The first-order valence-corrected chi connectivity index (χ1v) is 9.54. The summed E-state index contributed by atoms with van der Waals surface area (Å²) in [6.45, 7) is 9.31. The van der Waals surface area contributed by atoms with E-state index in [9.17, 15) is 0 Å². The fourth-order valence-corrected chi connectivity index (χ4v) is 4.04. The second kappa shape index (κ2) is 8.47. The lowest BCUT2D eigenvalue weighted by atomic mass is 10.1. The minimum Gasteiger partial charge on any atom is -0.341 e. The summed E-state index contributed by atoms with van der Waals surface area (Å²) in [5, 5.41) is 7.68. The van der Waals surface area contributed by atoms with Crippen LogP contribution in [0.2, 0.25) is 0 Å². The number of halogens is 1. The maximum Gasteiger partial charge on any atom is 0.259 e. The van der Waals surface area contributed by atoms with Crippen LogP contribution >= 0.6 is 12.4 Å². The molecular formula is C21H28ClN5O. The lowest BCUT2D eigenvalue weighted by Crippen LogP contribution is -2.44. The lowest BCUT2D eigenvalue weighted by molar-refractivity contribution is 0.190. The van der Waals surface area contributed by atoms with Gasteiger partial charge in [-0.05, 0) is 39.4 Å². The summed E-state index contributed by atoms with van der Waals surface area (Å²) in [5.41, 5.74) is 4.64. The fraction of sp³-hybridized carbons (Fsp3) is 0.429. The van der Waals surface area contributed by atoms with E-state index in [1.54, 1.807) is 0 Å². The number of piperazine rings is 1. The van der Waals surface area contributed by atoms with Gasteiger partial charge in [-0.1, -0.05) is 35.5 Å². The van der Waals surface area contributed by atoms with E-state index in [1.165, 1.54) is 11.3 Å². The third-order valence-corrected chi connectivity index (χ3v) is 5.63. The molecule has 150 valence electrons. The Labute approximate surface area is 172 Å². The number of hydrogen-bond donors (Lipinski definition) is 1. The number of rotatable bonds is 4. The Balaban J connectivity index is 0.00000225. The van der Waals surface area contributed by atoms with Gasteiger partial charge >= 0.3 is 0 Å². The molecule has 2 aromatic heterocycles. The fourth-order valence-electron chi connectivity index (χ4n) is 4.04. The molecule has 1 saturated heterocycles. The van der Waals surface area contributed by atoms with E-state index in [1.807, 2.05) is 6.07 Å². The number of hydrogen-bond acceptors (Lipinski definition) is 5. The van der Waals surface area contributed by atoms with Gasteiger partial charge in [0.05, 0.1) is 17.6 Å². The van der Waals surface area contributed by atoms with Crippen LogP contribution in [0.15, 0.2) is 40.9 Å². The highest BCUT2D eigenvalue weighted by Crippen LogP contribution is 2.31. The number of aryl methyl sites for hydroxylation is 1. The topological polar surface area (TPSA) is 59.1 Å². The second-order valence-corrected chi connectivity index (χ2v) is 7.40. The Bertz CT molecular complexity index is 920. The van der Waals surface area contributed by atoms with E-state index in [-0.39, 0.29) is 24.5 Å². The highest BCUT2D eigenvalue weighted by atomic mass is 35.5. The van der Waals surface area contributed by atoms with E-state index < -0.39 is 0 Å². The van der Waals surface area contributed by atoms with Crippen molar-refractivity contribution in [1.29, 1.82) is 0 Å². The predicted molar refractivity (Wildman–Crippen MR) is 113 cm³/mol. The minimum absolute atomic E-state index is 0. The smallest absolute Gasteiger partial charge is 0.259 e. The molecule has 7 heteroatoms. The van der Waals surface area contributed by atoms with Gasteiger partial charge in [-0.2, -0.15) is 4.98 Å². The van der Waals surface area contributed by atoms with Gasteiger partial charge < -0.3 is 14.4 Å². The van der Waals surface area contributed by atoms with Crippen molar-refractivity contribution in [2.75, 3.05) is 26.7 Å². The van der Waals surface area contributed by atoms with E-state index >= 15 is 0 Å². The summed E-state index contributed by atoms with van der Waals surface area (Å²) in [6.07, 6.45) is 0. The maximum absolute atomic E-state index is 5.66. The van der Waals surface area contributed by atoms with Crippen LogP contribution in [0.1, 0.15) is 41.8 Å². The molecule has 0 spiro atoms. The molecule has 28 heavy (non-hydrogen) atoms. The molecule has 1 fully saturated rings. The molecule has 1 aliphatic heterocycles. The molecule has 3 aromatic rings. The SMILES string of the molecule is Cc1cc(-c2nc(C3CNCCN3C)no2)c(C)n1C(C)c1ccccc1.Cl. The van der Waals surface area contributed by atoms with Crippen molar-refractivity contribution in [3.8, 4) is 11.5 Å². The largest absolute Gasteiger partial charge is 0.341 e. The first kappa shape index (κ1) is 20.6. The zero-order chi connectivity index (χ0) is 19.0. The minimum atomic E-state index is 0. The van der Waals surface area contributed by atoms with Crippen molar-refractivity contribution >= 4 is 12.4 Å². The summed E-state index contributed by atoms with van der Waals surface area (Å²) in [4.78, 5) is 7.00. The van der Waals surface area contributed by atoms with E-state index in [0.29, 0.717) is 5.89 Å². The number of nitrogens with one attached hydrogen (secondary N) is 1. The van der Waals surface area contributed by atoms with E-state index in [2.05, 4.69) is 78.1 Å². The molecule has 0 saturated carbocycles. The normalized spacial score (nSPS) is 18.6. The van der Waals surface area contributed by atoms with Gasteiger partial charge in [-0.15, -0.1) is 12.4 Å². The van der Waals surface area contributed by atoms with Crippen molar-refractivity contribution < 1.29 is 4.52 Å². The molecule has 1 N–H and O–H groups in total. The average molecular weight is 402 g/mol. The summed E-state index contributed by atoms with van der Waals surface area (Å²) < 4.78 is 7.99. The highest BCUT2D eigenvalue weighted by molar-refractivity contribution is 5.85. The molecule has 1 aromatic carbocycles. The van der Waals surface area contributed by atoms with Crippen LogP contribution in [0.5, 0.6) is 0 Å². The quantitative estimate of drug-likeness (QED) is 0.721. The molecule has 0 radical (unpaired) electrons. The molecule has 0 amide bonds. The van der Waals surface area contributed by atoms with Crippen LogP contribution in [0.3, 0.4) is 0 Å². The molecule has 6 nitrogen and oxygen atoms in total. The summed E-state index contributed by atoms with van der Waals surface area (Å²) in [6, 6.07) is 13.1. The Morgan fingerprint density at radius 3 is 2.68 bits per heavy atom. The Kier molecular flexibility index (Phi) is 6.23. The van der Waals surface area contributed by atoms with E-state index in [4.69, 9.17) is 9.51 Å². The zero-order valence-electron chi connectivity index (χ0n) is 16.8. The molecule has 4 rings (SSSR count). The van der Waals surface area contributed by atoms with Gasteiger partial charge in [0.2, 0.25) is 0 Å². The summed E-state index contributed by atoms with van der Waals surface area (Å²) in [5.74, 6) is 1.35. The molecule has 3 heterocycles. The van der Waals surface area contributed by atoms with Gasteiger partial charge in [0, 0.05) is 31.0 Å². The standard InChI is InChI=1S/C21H27N5O.ClH/c1-14-12-18(16(3)26(14)15(2)17-8-6-5-7-9-17)21-23-20(24-27-21)19-13-22-10-11-25(19)4;/h5-9,12,15,19,22H,10-11,13H2,1-4H3;1H. The number of aromatic nitrogens is 3. The van der Waals surface area contributed by atoms with Gasteiger partial charge in [0.25, 0.3) is 5.89 Å². The van der Waals surface area contributed by atoms with Crippen molar-refractivity contribution in [3.63, 3.8) is 0 Å². The number of likely N-dealkylation sites (N-methyl/N-ethyl adjacent to an activating group) is 1. The average Bonchev–Trinajstić information content (AvgIpc) is 3.27. The van der Waals surface area contributed by atoms with Gasteiger partial charge in [-0.25, -0.2) is 0 Å². The third kappa shape index (κ3) is 3.72. The van der Waals surface area contributed by atoms with Crippen LogP contribution < -0.4 is 5.32 Å². The molecule has 1 aliphatic rings. The third-order valence-electron chi connectivity index (χ3n) is 5.63. The van der Waals surface area contributed by atoms with Crippen LogP contribution in [0.4, 0.5) is 0 Å². The first-order chi connectivity index (χ1) is 13.1. The van der Waals surface area contributed by atoms with Gasteiger partial charge in [0.15, 0.2) is 5.82 Å². The molecular weight excluding hydrogens is 374 g/mol. The molecule has 0 aliphatic carbocycles. The van der Waals surface area contributed by atoms with Crippen LogP contribution in [-0.2, 0) is 0 Å². The van der Waals surface area contributed by atoms with Crippen LogP contribution in [0.25, 0.3) is 11.5 Å². The lowest BCUT2D eigenvalue weighted by Gasteiger charge is -2.30. The van der Waals surface area contributed by atoms with Gasteiger partial charge in [-0.3, -0.25) is 4.90 Å². The van der Waals surface area contributed by atoms with Crippen molar-refractivity contribution in [1.82, 2.24) is 24.9 Å². The Morgan fingerprint density at radius 2 is 1.96 bits per heavy atom. The molecule has 0 bridgehead atoms. The zero-order valence-corrected chi connectivity index (χ0v) is 17.7. The Hall–Kier alpha value is -2.15. The second-order valence-electron chi connectivity index (χ2n) is 7.40. The summed E-state index contributed by atoms with van der Waals surface area (Å²) in [7, 11) is 2.11. The molecule has 2 unspecified atom stereocenters.